The first kappa shape index (κ1) is 16.1. The predicted molar refractivity (Wildman–Crippen MR) is 97.4 cm³/mol. The Morgan fingerprint density at radius 3 is 2.88 bits per heavy atom. The lowest BCUT2D eigenvalue weighted by molar-refractivity contribution is -0.00696. The summed E-state index contributed by atoms with van der Waals surface area (Å²) in [5.74, 6) is -0.0306. The van der Waals surface area contributed by atoms with Crippen molar-refractivity contribution in [1.29, 1.82) is 0 Å². The quantitative estimate of drug-likeness (QED) is 0.867. The molecule has 0 unspecified atom stereocenters. The average molecular weight is 340 g/mol. The number of amides is 1. The molecule has 0 radical (unpaired) electrons. The van der Waals surface area contributed by atoms with Gasteiger partial charge in [0.2, 0.25) is 0 Å². The molecule has 0 saturated heterocycles. The van der Waals surface area contributed by atoms with E-state index in [4.69, 9.17) is 4.74 Å². The third-order valence-corrected chi connectivity index (χ3v) is 5.17. The predicted octanol–water partition coefficient (Wildman–Crippen LogP) is 2.84. The molecular weight excluding hydrogens is 316 g/mol. The van der Waals surface area contributed by atoms with E-state index in [1.54, 1.807) is 0 Å². The van der Waals surface area contributed by atoms with Crippen LogP contribution in [-0.2, 0) is 11.2 Å². The van der Waals surface area contributed by atoms with Crippen LogP contribution in [0.5, 0.6) is 0 Å². The van der Waals surface area contributed by atoms with Gasteiger partial charge in [0.15, 0.2) is 5.69 Å². The van der Waals surface area contributed by atoms with Crippen LogP contribution in [0.4, 0.5) is 11.4 Å². The van der Waals surface area contributed by atoms with Crippen molar-refractivity contribution in [3.8, 4) is 0 Å². The van der Waals surface area contributed by atoms with E-state index in [2.05, 4.69) is 41.2 Å². The minimum Gasteiger partial charge on any atom is -0.371 e. The average Bonchev–Trinajstić information content (AvgIpc) is 2.99. The number of hydrogen-bond acceptors (Lipinski definition) is 4. The van der Waals surface area contributed by atoms with Gasteiger partial charge >= 0.3 is 0 Å². The third-order valence-electron chi connectivity index (χ3n) is 5.17. The van der Waals surface area contributed by atoms with Crippen LogP contribution in [0, 0.1) is 6.92 Å². The molecule has 1 amide bonds. The second kappa shape index (κ2) is 5.88. The molecule has 0 spiro atoms. The maximum atomic E-state index is 13.3. The van der Waals surface area contributed by atoms with Crippen molar-refractivity contribution in [3.05, 3.63) is 40.7 Å². The van der Waals surface area contributed by atoms with E-state index in [-0.39, 0.29) is 18.1 Å². The molecule has 1 aromatic carbocycles. The molecule has 2 atom stereocenters. The molecule has 0 bridgehead atoms. The van der Waals surface area contributed by atoms with Crippen LogP contribution >= 0.6 is 0 Å². The number of aromatic nitrogens is 2. The lowest BCUT2D eigenvalue weighted by atomic mass is 9.99. The highest BCUT2D eigenvalue weighted by molar-refractivity contribution is 6.08. The summed E-state index contributed by atoms with van der Waals surface area (Å²) in [7, 11) is 2.07. The number of aryl methyl sites for hydroxylation is 1. The Balaban J connectivity index is 1.73. The number of carbonyl (C=O) groups is 1. The standard InChI is InChI=1S/C19H24N4O2/c1-11-5-6-15-16(9-11)22(4)7-8-23(15)19(24)18-14-10-12(2)25-13(3)17(14)20-21-18/h5-6,9,12-13H,7-8,10H2,1-4H3,(H,20,21)/t12-,13+/m1/s1. The summed E-state index contributed by atoms with van der Waals surface area (Å²) < 4.78 is 5.83. The monoisotopic (exact) mass is 340 g/mol. The van der Waals surface area contributed by atoms with Crippen molar-refractivity contribution in [2.24, 2.45) is 0 Å². The van der Waals surface area contributed by atoms with Gasteiger partial charge in [0.25, 0.3) is 5.91 Å². The van der Waals surface area contributed by atoms with E-state index in [0.717, 1.165) is 29.2 Å². The van der Waals surface area contributed by atoms with E-state index in [1.165, 1.54) is 5.56 Å². The molecule has 2 aliphatic heterocycles. The van der Waals surface area contributed by atoms with Crippen molar-refractivity contribution >= 4 is 17.3 Å². The van der Waals surface area contributed by atoms with Gasteiger partial charge in [-0.1, -0.05) is 6.07 Å². The molecule has 0 aliphatic carbocycles. The highest BCUT2D eigenvalue weighted by atomic mass is 16.5. The second-order valence-corrected chi connectivity index (χ2v) is 7.13. The zero-order chi connectivity index (χ0) is 17.7. The number of likely N-dealkylation sites (N-methyl/N-ethyl adjacent to an activating group) is 1. The number of hydrogen-bond donors (Lipinski definition) is 1. The minimum absolute atomic E-state index is 0.0306. The highest BCUT2D eigenvalue weighted by Crippen LogP contribution is 2.36. The number of aromatic amines is 1. The number of H-pyrrole nitrogens is 1. The molecule has 6 heteroatoms. The van der Waals surface area contributed by atoms with Gasteiger partial charge in [-0.25, -0.2) is 0 Å². The Morgan fingerprint density at radius 1 is 1.28 bits per heavy atom. The molecule has 3 heterocycles. The van der Waals surface area contributed by atoms with Crippen molar-refractivity contribution in [3.63, 3.8) is 0 Å². The van der Waals surface area contributed by atoms with Crippen LogP contribution < -0.4 is 9.80 Å². The topological polar surface area (TPSA) is 61.5 Å². The molecule has 6 nitrogen and oxygen atoms in total. The van der Waals surface area contributed by atoms with Gasteiger partial charge in [-0.2, -0.15) is 5.10 Å². The van der Waals surface area contributed by atoms with E-state index >= 15 is 0 Å². The lowest BCUT2D eigenvalue weighted by Crippen LogP contribution is -2.43. The molecule has 2 aromatic rings. The zero-order valence-electron chi connectivity index (χ0n) is 15.2. The van der Waals surface area contributed by atoms with Crippen LogP contribution in [0.2, 0.25) is 0 Å². The number of nitrogens with one attached hydrogen (secondary N) is 1. The van der Waals surface area contributed by atoms with Crippen LogP contribution in [0.1, 0.15) is 47.3 Å². The minimum atomic E-state index is -0.0600. The molecule has 4 rings (SSSR count). The smallest absolute Gasteiger partial charge is 0.279 e. The van der Waals surface area contributed by atoms with Gasteiger partial charge in [0.1, 0.15) is 0 Å². The van der Waals surface area contributed by atoms with Gasteiger partial charge in [-0.15, -0.1) is 0 Å². The Kier molecular flexibility index (Phi) is 3.80. The van der Waals surface area contributed by atoms with E-state index in [9.17, 15) is 4.79 Å². The summed E-state index contributed by atoms with van der Waals surface area (Å²) in [5, 5.41) is 7.38. The lowest BCUT2D eigenvalue weighted by Gasteiger charge is -2.36. The van der Waals surface area contributed by atoms with Crippen molar-refractivity contribution in [2.75, 3.05) is 29.9 Å². The fraction of sp³-hybridized carbons (Fsp3) is 0.474. The third kappa shape index (κ3) is 2.61. The fourth-order valence-electron chi connectivity index (χ4n) is 3.85. The van der Waals surface area contributed by atoms with Crippen molar-refractivity contribution in [1.82, 2.24) is 10.2 Å². The maximum absolute atomic E-state index is 13.3. The summed E-state index contributed by atoms with van der Waals surface area (Å²) in [5.41, 5.74) is 5.71. The number of anilines is 2. The Hall–Kier alpha value is -2.34. The molecule has 2 aliphatic rings. The first-order valence-electron chi connectivity index (χ1n) is 8.82. The van der Waals surface area contributed by atoms with Crippen LogP contribution in [0.15, 0.2) is 18.2 Å². The van der Waals surface area contributed by atoms with Gasteiger partial charge < -0.3 is 14.5 Å². The summed E-state index contributed by atoms with van der Waals surface area (Å²) in [6.07, 6.45) is 0.746. The van der Waals surface area contributed by atoms with Gasteiger partial charge in [-0.3, -0.25) is 9.89 Å². The maximum Gasteiger partial charge on any atom is 0.279 e. The number of carbonyl (C=O) groups excluding carboxylic acids is 1. The number of benzene rings is 1. The molecule has 1 aromatic heterocycles. The van der Waals surface area contributed by atoms with Crippen LogP contribution in [-0.4, -0.2) is 42.3 Å². The van der Waals surface area contributed by atoms with Gasteiger partial charge in [0, 0.05) is 32.1 Å². The summed E-state index contributed by atoms with van der Waals surface area (Å²) >= 11 is 0. The SMILES string of the molecule is Cc1ccc2c(c1)N(C)CCN2C(=O)c1n[nH]c2c1C[C@@H](C)O[C@H]2C. The van der Waals surface area contributed by atoms with Gasteiger partial charge in [-0.05, 0) is 38.5 Å². The summed E-state index contributed by atoms with van der Waals surface area (Å²) in [4.78, 5) is 17.3. The fourth-order valence-corrected chi connectivity index (χ4v) is 3.85. The van der Waals surface area contributed by atoms with Gasteiger partial charge in [0.05, 0.1) is 29.3 Å². The molecular formula is C19H24N4O2. The summed E-state index contributed by atoms with van der Waals surface area (Å²) in [6, 6.07) is 6.22. The molecule has 0 saturated carbocycles. The van der Waals surface area contributed by atoms with E-state index < -0.39 is 0 Å². The Labute approximate surface area is 147 Å². The molecule has 1 N–H and O–H groups in total. The molecule has 132 valence electrons. The second-order valence-electron chi connectivity index (χ2n) is 7.13. The van der Waals surface area contributed by atoms with Crippen LogP contribution in [0.3, 0.4) is 0 Å². The highest BCUT2D eigenvalue weighted by Gasteiger charge is 2.33. The van der Waals surface area contributed by atoms with E-state index in [1.807, 2.05) is 24.8 Å². The van der Waals surface area contributed by atoms with Crippen molar-refractivity contribution < 1.29 is 9.53 Å². The number of rotatable bonds is 1. The van der Waals surface area contributed by atoms with Crippen LogP contribution in [0.25, 0.3) is 0 Å². The van der Waals surface area contributed by atoms with E-state index in [0.29, 0.717) is 18.7 Å². The number of ether oxygens (including phenoxy) is 1. The van der Waals surface area contributed by atoms with Crippen molar-refractivity contribution in [2.45, 2.75) is 39.4 Å². The first-order valence-corrected chi connectivity index (χ1v) is 8.82. The zero-order valence-corrected chi connectivity index (χ0v) is 15.2. The Bertz CT molecular complexity index is 829. The molecule has 25 heavy (non-hydrogen) atoms. The molecule has 0 fully saturated rings. The Morgan fingerprint density at radius 2 is 2.08 bits per heavy atom. The largest absolute Gasteiger partial charge is 0.371 e. The normalized spacial score (nSPS) is 22.6. The number of fused-ring (bicyclic) bond motifs is 2. The summed E-state index contributed by atoms with van der Waals surface area (Å²) in [6.45, 7) is 7.57. The first-order chi connectivity index (χ1) is 12.0. The number of nitrogens with zero attached hydrogens (tertiary/aromatic N) is 3.